The van der Waals surface area contributed by atoms with Crippen molar-refractivity contribution in [2.24, 2.45) is 0 Å². The van der Waals surface area contributed by atoms with Gasteiger partial charge in [-0.25, -0.2) is 0 Å². The van der Waals surface area contributed by atoms with Crippen LogP contribution in [0.25, 0.3) is 0 Å². The molecule has 0 radical (unpaired) electrons. The molecule has 3 nitrogen and oxygen atoms in total. The number of hydrogen-bond acceptors (Lipinski definition) is 3. The van der Waals surface area contributed by atoms with Gasteiger partial charge in [0.05, 0.1) is 0 Å². The molecule has 0 amide bonds. The third-order valence-corrected chi connectivity index (χ3v) is 3.85. The van der Waals surface area contributed by atoms with E-state index in [1.165, 1.54) is 58.4 Å². The highest BCUT2D eigenvalue weighted by atomic mass is 15.1. The summed E-state index contributed by atoms with van der Waals surface area (Å²) in [6, 6.07) is 1.52. The lowest BCUT2D eigenvalue weighted by atomic mass is 10.0. The second-order valence-electron chi connectivity index (χ2n) is 4.91. The molecule has 0 bridgehead atoms. The lowest BCUT2D eigenvalue weighted by molar-refractivity contribution is 0.205. The largest absolute Gasteiger partial charge is 0.313 e. The van der Waals surface area contributed by atoms with Crippen molar-refractivity contribution in [3.05, 3.63) is 0 Å². The van der Waals surface area contributed by atoms with E-state index in [1.54, 1.807) is 0 Å². The number of rotatable bonds is 4. The Morgan fingerprint density at radius 2 is 2.07 bits per heavy atom. The molecule has 2 saturated heterocycles. The Morgan fingerprint density at radius 1 is 1.27 bits per heavy atom. The fraction of sp³-hybridized carbons (Fsp3) is 1.00. The quantitative estimate of drug-likeness (QED) is 0.721. The van der Waals surface area contributed by atoms with Crippen molar-refractivity contribution in [2.75, 3.05) is 32.7 Å². The molecule has 2 N–H and O–H groups in total. The Kier molecular flexibility index (Phi) is 4.42. The molecular weight excluding hydrogens is 186 g/mol. The first kappa shape index (κ1) is 11.4. The van der Waals surface area contributed by atoms with E-state index in [1.807, 2.05) is 0 Å². The van der Waals surface area contributed by atoms with E-state index in [9.17, 15) is 0 Å². The van der Waals surface area contributed by atoms with E-state index < -0.39 is 0 Å². The number of likely N-dealkylation sites (tertiary alicyclic amines) is 1. The molecule has 1 atom stereocenters. The minimum Gasteiger partial charge on any atom is -0.313 e. The average molecular weight is 211 g/mol. The van der Waals surface area contributed by atoms with E-state index in [0.717, 1.165) is 12.1 Å². The van der Waals surface area contributed by atoms with Crippen molar-refractivity contribution >= 4 is 0 Å². The third kappa shape index (κ3) is 3.44. The molecule has 15 heavy (non-hydrogen) atoms. The second-order valence-corrected chi connectivity index (χ2v) is 4.91. The van der Waals surface area contributed by atoms with Gasteiger partial charge in [0.25, 0.3) is 0 Å². The molecule has 0 aromatic heterocycles. The predicted molar refractivity (Wildman–Crippen MR) is 64.2 cm³/mol. The fourth-order valence-corrected chi connectivity index (χ4v) is 2.69. The second kappa shape index (κ2) is 5.83. The molecule has 2 aliphatic heterocycles. The highest BCUT2D eigenvalue weighted by Crippen LogP contribution is 2.10. The summed E-state index contributed by atoms with van der Waals surface area (Å²) >= 11 is 0. The van der Waals surface area contributed by atoms with Gasteiger partial charge in [-0.3, -0.25) is 0 Å². The average Bonchev–Trinajstić information content (AvgIpc) is 2.80. The molecular formula is C12H25N3. The normalized spacial score (nSPS) is 29.8. The molecule has 0 aliphatic carbocycles. The molecule has 88 valence electrons. The van der Waals surface area contributed by atoms with Crippen LogP contribution in [-0.4, -0.2) is 49.7 Å². The molecule has 0 saturated carbocycles. The minimum atomic E-state index is 0.745. The summed E-state index contributed by atoms with van der Waals surface area (Å²) in [6.45, 7) is 8.45. The summed E-state index contributed by atoms with van der Waals surface area (Å²) in [5.41, 5.74) is 0. The van der Waals surface area contributed by atoms with Crippen molar-refractivity contribution < 1.29 is 0 Å². The van der Waals surface area contributed by atoms with E-state index in [2.05, 4.69) is 22.5 Å². The van der Waals surface area contributed by atoms with Crippen molar-refractivity contribution in [1.82, 2.24) is 15.5 Å². The van der Waals surface area contributed by atoms with Crippen LogP contribution < -0.4 is 10.6 Å². The first-order valence-corrected chi connectivity index (χ1v) is 6.57. The zero-order valence-corrected chi connectivity index (χ0v) is 9.97. The maximum Gasteiger partial charge on any atom is 0.0193 e. The number of hydrogen-bond donors (Lipinski definition) is 2. The maximum atomic E-state index is 3.72. The molecule has 2 aliphatic rings. The fourth-order valence-electron chi connectivity index (χ4n) is 2.69. The van der Waals surface area contributed by atoms with Gasteiger partial charge in [-0.1, -0.05) is 6.92 Å². The highest BCUT2D eigenvalue weighted by molar-refractivity contribution is 4.81. The lowest BCUT2D eigenvalue weighted by Crippen LogP contribution is -2.45. The van der Waals surface area contributed by atoms with Gasteiger partial charge in [0, 0.05) is 18.6 Å². The van der Waals surface area contributed by atoms with Gasteiger partial charge in [-0.05, 0) is 51.9 Å². The SMILES string of the molecule is CCN1CCC(NCC2CCCN2)CC1. The van der Waals surface area contributed by atoms with Crippen molar-refractivity contribution in [3.8, 4) is 0 Å². The van der Waals surface area contributed by atoms with Gasteiger partial charge in [-0.15, -0.1) is 0 Å². The van der Waals surface area contributed by atoms with Crippen LogP contribution in [0.2, 0.25) is 0 Å². The Balaban J connectivity index is 1.59. The topological polar surface area (TPSA) is 27.3 Å². The Hall–Kier alpha value is -0.120. The van der Waals surface area contributed by atoms with Crippen LogP contribution in [0.1, 0.15) is 32.6 Å². The van der Waals surface area contributed by atoms with Crippen LogP contribution in [0.5, 0.6) is 0 Å². The van der Waals surface area contributed by atoms with Gasteiger partial charge in [0.2, 0.25) is 0 Å². The minimum absolute atomic E-state index is 0.745. The van der Waals surface area contributed by atoms with Crippen LogP contribution in [-0.2, 0) is 0 Å². The summed E-state index contributed by atoms with van der Waals surface area (Å²) in [6.07, 6.45) is 5.39. The van der Waals surface area contributed by atoms with Crippen LogP contribution in [0.15, 0.2) is 0 Å². The van der Waals surface area contributed by atoms with Crippen molar-refractivity contribution in [2.45, 2.75) is 44.7 Å². The van der Waals surface area contributed by atoms with Crippen molar-refractivity contribution in [1.29, 1.82) is 0 Å². The molecule has 1 unspecified atom stereocenters. The van der Waals surface area contributed by atoms with Crippen LogP contribution >= 0.6 is 0 Å². The zero-order valence-electron chi connectivity index (χ0n) is 9.97. The summed E-state index contributed by atoms with van der Waals surface area (Å²) < 4.78 is 0. The van der Waals surface area contributed by atoms with E-state index >= 15 is 0 Å². The number of nitrogens with zero attached hydrogens (tertiary/aromatic N) is 1. The van der Waals surface area contributed by atoms with Gasteiger partial charge >= 0.3 is 0 Å². The summed E-state index contributed by atoms with van der Waals surface area (Å²) in [5, 5.41) is 7.26. The molecule has 0 aromatic rings. The molecule has 0 spiro atoms. The zero-order chi connectivity index (χ0) is 10.5. The van der Waals surface area contributed by atoms with E-state index in [4.69, 9.17) is 0 Å². The third-order valence-electron chi connectivity index (χ3n) is 3.85. The smallest absolute Gasteiger partial charge is 0.0193 e. The summed E-state index contributed by atoms with van der Waals surface area (Å²) in [7, 11) is 0. The Morgan fingerprint density at radius 3 is 2.67 bits per heavy atom. The molecule has 0 aromatic carbocycles. The van der Waals surface area contributed by atoms with Crippen LogP contribution in [0.4, 0.5) is 0 Å². The molecule has 2 fully saturated rings. The number of nitrogens with one attached hydrogen (secondary N) is 2. The van der Waals surface area contributed by atoms with Crippen LogP contribution in [0, 0.1) is 0 Å². The lowest BCUT2D eigenvalue weighted by Gasteiger charge is -2.32. The van der Waals surface area contributed by atoms with Gasteiger partial charge in [-0.2, -0.15) is 0 Å². The summed E-state index contributed by atoms with van der Waals surface area (Å²) in [4.78, 5) is 2.55. The Labute approximate surface area is 93.6 Å². The van der Waals surface area contributed by atoms with Gasteiger partial charge in [0.1, 0.15) is 0 Å². The predicted octanol–water partition coefficient (Wildman–Crippen LogP) is 0.812. The van der Waals surface area contributed by atoms with E-state index in [-0.39, 0.29) is 0 Å². The standard InChI is InChI=1S/C12H25N3/c1-2-15-8-5-11(6-9-15)14-10-12-4-3-7-13-12/h11-14H,2-10H2,1H3. The first-order valence-electron chi connectivity index (χ1n) is 6.57. The van der Waals surface area contributed by atoms with Gasteiger partial charge in [0.15, 0.2) is 0 Å². The highest BCUT2D eigenvalue weighted by Gasteiger charge is 2.19. The summed E-state index contributed by atoms with van der Waals surface area (Å²) in [5.74, 6) is 0. The van der Waals surface area contributed by atoms with Gasteiger partial charge < -0.3 is 15.5 Å². The van der Waals surface area contributed by atoms with E-state index in [0.29, 0.717) is 0 Å². The Bertz CT molecular complexity index is 170. The maximum absolute atomic E-state index is 3.72. The monoisotopic (exact) mass is 211 g/mol. The van der Waals surface area contributed by atoms with Crippen LogP contribution in [0.3, 0.4) is 0 Å². The number of piperidine rings is 1. The molecule has 2 rings (SSSR count). The molecule has 2 heterocycles. The van der Waals surface area contributed by atoms with Crippen molar-refractivity contribution in [3.63, 3.8) is 0 Å². The first-order chi connectivity index (χ1) is 7.38. The molecule has 3 heteroatoms.